The van der Waals surface area contributed by atoms with Gasteiger partial charge in [-0.15, -0.1) is 5.10 Å². The summed E-state index contributed by atoms with van der Waals surface area (Å²) in [6.07, 6.45) is 1.86. The normalized spacial score (nSPS) is 21.3. The highest BCUT2D eigenvalue weighted by Gasteiger charge is 2.66. The Bertz CT molecular complexity index is 2560. The van der Waals surface area contributed by atoms with Gasteiger partial charge in [0.15, 0.2) is 19.7 Å². The highest BCUT2D eigenvalue weighted by Crippen LogP contribution is 2.60. The number of hydrogen-bond donors (Lipinski definition) is 2. The number of ether oxygens (including phenoxy) is 3. The van der Waals surface area contributed by atoms with E-state index in [1.165, 1.54) is 0 Å². The number of fused-ring (bicyclic) bond motifs is 4. The van der Waals surface area contributed by atoms with Gasteiger partial charge in [-0.3, -0.25) is 19.2 Å². The van der Waals surface area contributed by atoms with Gasteiger partial charge in [-0.25, -0.2) is 0 Å². The van der Waals surface area contributed by atoms with E-state index < -0.39 is 20.0 Å². The largest absolute Gasteiger partial charge is 0.497 e. The second-order valence-electron chi connectivity index (χ2n) is 16.3. The molecule has 0 radical (unpaired) electrons. The fourth-order valence-electron chi connectivity index (χ4n) is 9.51. The molecule has 9 rings (SSSR count). The molecule has 60 heavy (non-hydrogen) atoms. The summed E-state index contributed by atoms with van der Waals surface area (Å²) < 4.78 is 20.7. The maximum Gasteiger partial charge on any atom is 0.266 e. The lowest BCUT2D eigenvalue weighted by Crippen LogP contribution is -2.46. The van der Waals surface area contributed by atoms with Gasteiger partial charge in [0.25, 0.3) is 11.8 Å². The first-order chi connectivity index (χ1) is 29.0. The second kappa shape index (κ2) is 15.5. The second-order valence-corrected chi connectivity index (χ2v) is 20.3. The van der Waals surface area contributed by atoms with Crippen molar-refractivity contribution in [2.45, 2.75) is 62.7 Å². The molecule has 13 heteroatoms. The van der Waals surface area contributed by atoms with Crippen LogP contribution in [-0.2, 0) is 28.2 Å². The first kappa shape index (κ1) is 39.3. The number of carbonyl (C=O) groups is 2. The molecule has 2 N–H and O–H groups in total. The quantitative estimate of drug-likeness (QED) is 0.125. The third-order valence-corrected chi connectivity index (χ3v) is 14.8. The standard InChI is InChI=1S/C47H47N5O7Si/c1-30-44(60(3,4)56)43(24-25-50-28-38(48-49-50)36(29-53)32-12-6-5-7-13-32)59-47(30)37-26-34(57-2)22-23-39(37)51(46(47)55)27-31-18-20-33(21-19-31)52-40-15-9-11-17-42(40)58-41-16-10-8-14-35(41)45(52)54/h5-23,26,28,30,36,43-44,53,56H,24-25,27,29H2,1-4H3/t30-,36?,43+,44-,47+/m0/s1. The summed E-state index contributed by atoms with van der Waals surface area (Å²) in [4.78, 5) is 44.5. The number of nitrogens with zero attached hydrogens (tertiary/aromatic N) is 5. The van der Waals surface area contributed by atoms with Gasteiger partial charge in [0, 0.05) is 35.5 Å². The molecule has 1 spiro atoms. The van der Waals surface area contributed by atoms with Crippen molar-refractivity contribution in [1.29, 1.82) is 0 Å². The topological polar surface area (TPSA) is 139 Å². The number of benzene rings is 5. The molecule has 1 unspecified atom stereocenters. The minimum absolute atomic E-state index is 0.108. The third-order valence-electron chi connectivity index (χ3n) is 12.3. The number of para-hydroxylation sites is 3. The number of aryl methyl sites for hydroxylation is 1. The van der Waals surface area contributed by atoms with Gasteiger partial charge in [0.1, 0.15) is 11.5 Å². The third kappa shape index (κ3) is 6.67. The molecule has 0 saturated carbocycles. The minimum atomic E-state index is -2.94. The number of aliphatic hydroxyl groups excluding tert-OH is 1. The number of hydrogen-bond acceptors (Lipinski definition) is 9. The van der Waals surface area contributed by atoms with Crippen molar-refractivity contribution in [3.8, 4) is 17.2 Å². The van der Waals surface area contributed by atoms with E-state index >= 15 is 4.79 Å². The highest BCUT2D eigenvalue weighted by atomic mass is 28.4. The van der Waals surface area contributed by atoms with Crippen molar-refractivity contribution in [1.82, 2.24) is 15.0 Å². The fraction of sp³-hybridized carbons (Fsp3) is 0.277. The molecule has 4 heterocycles. The number of anilines is 3. The van der Waals surface area contributed by atoms with Gasteiger partial charge in [0.05, 0.1) is 54.9 Å². The molecule has 12 nitrogen and oxygen atoms in total. The summed E-state index contributed by atoms with van der Waals surface area (Å²) in [5.74, 6) is 0.573. The van der Waals surface area contributed by atoms with Crippen LogP contribution in [0.2, 0.25) is 18.6 Å². The Hall–Kier alpha value is -6.12. The van der Waals surface area contributed by atoms with Gasteiger partial charge in [-0.05, 0) is 85.2 Å². The molecule has 5 aromatic carbocycles. The lowest BCUT2D eigenvalue weighted by atomic mass is 9.82. The van der Waals surface area contributed by atoms with Crippen molar-refractivity contribution in [3.05, 3.63) is 155 Å². The molecule has 2 amide bonds. The Balaban J connectivity index is 1.00. The molecule has 306 valence electrons. The smallest absolute Gasteiger partial charge is 0.266 e. The van der Waals surface area contributed by atoms with Crippen molar-refractivity contribution in [2.24, 2.45) is 5.92 Å². The van der Waals surface area contributed by atoms with Gasteiger partial charge in [-0.2, -0.15) is 0 Å². The average Bonchev–Trinajstić information content (AvgIpc) is 3.89. The fourth-order valence-corrected chi connectivity index (χ4v) is 12.1. The minimum Gasteiger partial charge on any atom is -0.497 e. The number of methoxy groups -OCH3 is 1. The average molecular weight is 822 g/mol. The molecule has 3 aliphatic heterocycles. The molecule has 1 fully saturated rings. The molecular weight excluding hydrogens is 775 g/mol. The summed E-state index contributed by atoms with van der Waals surface area (Å²) in [6, 6.07) is 37.7. The zero-order chi connectivity index (χ0) is 41.8. The molecule has 0 aliphatic carbocycles. The number of aliphatic hydroxyl groups is 1. The maximum atomic E-state index is 15.2. The zero-order valence-electron chi connectivity index (χ0n) is 33.9. The van der Waals surface area contributed by atoms with E-state index in [-0.39, 0.29) is 42.3 Å². The molecule has 1 aromatic heterocycles. The van der Waals surface area contributed by atoms with Crippen molar-refractivity contribution < 1.29 is 33.7 Å². The lowest BCUT2D eigenvalue weighted by molar-refractivity contribution is -0.146. The SMILES string of the molecule is COc1ccc2c(c1)[C@@]1(O[C@H](CCn3cc(C(CO)c4ccccc4)nn3)[C@@H]([Si](C)(C)O)[C@@H]1C)C(=O)N2Cc1ccc(N2C(=O)c3ccccc3Oc3ccccc32)cc1. The predicted octanol–water partition coefficient (Wildman–Crippen LogP) is 7.93. The van der Waals surface area contributed by atoms with Crippen LogP contribution in [-0.4, -0.2) is 64.8 Å². The van der Waals surface area contributed by atoms with Gasteiger partial charge >= 0.3 is 0 Å². The molecule has 0 bridgehead atoms. The van der Waals surface area contributed by atoms with E-state index in [9.17, 15) is 14.7 Å². The van der Waals surface area contributed by atoms with Crippen LogP contribution in [0.1, 0.15) is 52.0 Å². The zero-order valence-corrected chi connectivity index (χ0v) is 34.9. The van der Waals surface area contributed by atoms with E-state index in [4.69, 9.17) is 14.2 Å². The van der Waals surface area contributed by atoms with Crippen molar-refractivity contribution in [2.75, 3.05) is 23.5 Å². The van der Waals surface area contributed by atoms with E-state index in [0.29, 0.717) is 58.4 Å². The summed E-state index contributed by atoms with van der Waals surface area (Å²) in [5, 5.41) is 19.0. The Labute approximate surface area is 349 Å². The van der Waals surface area contributed by atoms with E-state index in [0.717, 1.165) is 16.8 Å². The first-order valence-corrected chi connectivity index (χ1v) is 23.3. The van der Waals surface area contributed by atoms with Gasteiger partial charge in [0.2, 0.25) is 0 Å². The van der Waals surface area contributed by atoms with Gasteiger partial charge in [-0.1, -0.05) is 78.9 Å². The number of rotatable bonds is 11. The first-order valence-electron chi connectivity index (χ1n) is 20.3. The van der Waals surface area contributed by atoms with Crippen molar-refractivity contribution in [3.63, 3.8) is 0 Å². The number of aromatic nitrogens is 3. The van der Waals surface area contributed by atoms with Crippen LogP contribution in [0.25, 0.3) is 0 Å². The van der Waals surface area contributed by atoms with Crippen molar-refractivity contribution >= 4 is 37.2 Å². The molecule has 1 saturated heterocycles. The number of amides is 2. The molecule has 3 aliphatic rings. The number of carbonyl (C=O) groups excluding carboxylic acids is 2. The van der Waals surface area contributed by atoms with E-state index in [1.54, 1.807) is 33.7 Å². The van der Waals surface area contributed by atoms with Crippen LogP contribution >= 0.6 is 0 Å². The Morgan fingerprint density at radius 1 is 0.883 bits per heavy atom. The predicted molar refractivity (Wildman–Crippen MR) is 229 cm³/mol. The van der Waals surface area contributed by atoms with Crippen LogP contribution in [0.3, 0.4) is 0 Å². The van der Waals surface area contributed by atoms with E-state index in [1.807, 2.05) is 135 Å². The van der Waals surface area contributed by atoms with Crippen LogP contribution in [0, 0.1) is 5.92 Å². The summed E-state index contributed by atoms with van der Waals surface area (Å²) in [6.45, 7) is 6.41. The van der Waals surface area contributed by atoms with Crippen LogP contribution in [0.5, 0.6) is 17.2 Å². The Morgan fingerprint density at radius 3 is 2.33 bits per heavy atom. The Morgan fingerprint density at radius 2 is 1.60 bits per heavy atom. The van der Waals surface area contributed by atoms with Crippen LogP contribution in [0.4, 0.5) is 17.1 Å². The van der Waals surface area contributed by atoms with E-state index in [2.05, 4.69) is 10.3 Å². The lowest BCUT2D eigenvalue weighted by Gasteiger charge is -2.32. The van der Waals surface area contributed by atoms with Crippen LogP contribution in [0.15, 0.2) is 128 Å². The molecular formula is C47H47N5O7Si. The summed E-state index contributed by atoms with van der Waals surface area (Å²) >= 11 is 0. The van der Waals surface area contributed by atoms with Gasteiger partial charge < -0.3 is 29.0 Å². The molecule has 5 atom stereocenters. The molecule has 6 aromatic rings. The monoisotopic (exact) mass is 821 g/mol. The summed E-state index contributed by atoms with van der Waals surface area (Å²) in [7, 11) is -1.34. The maximum absolute atomic E-state index is 15.2. The highest BCUT2D eigenvalue weighted by molar-refractivity contribution is 6.71. The van der Waals surface area contributed by atoms with Crippen LogP contribution < -0.4 is 19.3 Å². The summed E-state index contributed by atoms with van der Waals surface area (Å²) in [5.41, 5.74) is 3.97. The Kier molecular flexibility index (Phi) is 10.2.